The van der Waals surface area contributed by atoms with Crippen molar-refractivity contribution in [3.05, 3.63) is 23.9 Å². The van der Waals surface area contributed by atoms with Crippen molar-refractivity contribution in [2.75, 3.05) is 63.9 Å². The van der Waals surface area contributed by atoms with Crippen LogP contribution >= 0.6 is 0 Å². The van der Waals surface area contributed by atoms with Crippen molar-refractivity contribution in [1.82, 2.24) is 14.8 Å². The van der Waals surface area contributed by atoms with Crippen molar-refractivity contribution in [2.24, 2.45) is 5.41 Å². The number of nitrogens with zero attached hydrogens (tertiary/aromatic N) is 5. The molecule has 0 aliphatic carbocycles. The van der Waals surface area contributed by atoms with Crippen LogP contribution < -0.4 is 4.90 Å². The van der Waals surface area contributed by atoms with Gasteiger partial charge in [-0.1, -0.05) is 0 Å². The zero-order valence-corrected chi connectivity index (χ0v) is 15.1. The van der Waals surface area contributed by atoms with Crippen LogP contribution in [0.4, 0.5) is 5.82 Å². The Morgan fingerprint density at radius 3 is 2.81 bits per heavy atom. The lowest BCUT2D eigenvalue weighted by molar-refractivity contribution is -0.135. The van der Waals surface area contributed by atoms with Gasteiger partial charge in [-0.05, 0) is 25.0 Å². The van der Waals surface area contributed by atoms with Gasteiger partial charge in [0.25, 0.3) is 0 Å². The molecule has 138 valence electrons. The van der Waals surface area contributed by atoms with Gasteiger partial charge in [-0.2, -0.15) is 5.26 Å². The Labute approximate surface area is 154 Å². The summed E-state index contributed by atoms with van der Waals surface area (Å²) in [7, 11) is 0. The summed E-state index contributed by atoms with van der Waals surface area (Å²) in [5.41, 5.74) is 0.343. The number of hydrogen-bond donors (Lipinski definition) is 0. The highest BCUT2D eigenvalue weighted by Gasteiger charge is 2.50. The molecule has 0 bridgehead atoms. The summed E-state index contributed by atoms with van der Waals surface area (Å²) < 4.78 is 5.39. The first kappa shape index (κ1) is 17.3. The lowest BCUT2D eigenvalue weighted by Crippen LogP contribution is -2.43. The smallest absolute Gasteiger partial charge is 0.230 e. The van der Waals surface area contributed by atoms with E-state index in [4.69, 9.17) is 10.00 Å². The molecular formula is C19H25N5O2. The standard InChI is InChI=1S/C19H25N5O2/c20-14-16-1-4-21-17(13-16)24-6-3-19(15-24)2-5-23(18(19)25)8-7-22-9-11-26-12-10-22/h1,4,13H,2-3,5-12,15H2. The molecule has 1 atom stereocenters. The van der Waals surface area contributed by atoms with Crippen LogP contribution in [-0.4, -0.2) is 79.7 Å². The quantitative estimate of drug-likeness (QED) is 0.792. The minimum absolute atomic E-state index is 0.269. The van der Waals surface area contributed by atoms with Gasteiger partial charge >= 0.3 is 0 Å². The molecule has 3 aliphatic heterocycles. The number of morpholine rings is 1. The molecule has 0 radical (unpaired) electrons. The molecule has 0 N–H and O–H groups in total. The first-order chi connectivity index (χ1) is 12.7. The van der Waals surface area contributed by atoms with Crippen molar-refractivity contribution in [1.29, 1.82) is 5.26 Å². The van der Waals surface area contributed by atoms with Crippen molar-refractivity contribution in [3.63, 3.8) is 0 Å². The van der Waals surface area contributed by atoms with Crippen molar-refractivity contribution >= 4 is 11.7 Å². The molecule has 1 unspecified atom stereocenters. The average Bonchev–Trinajstić information content (AvgIpc) is 3.26. The molecule has 1 spiro atoms. The second kappa shape index (κ2) is 7.22. The van der Waals surface area contributed by atoms with E-state index >= 15 is 0 Å². The van der Waals surface area contributed by atoms with E-state index in [9.17, 15) is 4.79 Å². The molecular weight excluding hydrogens is 330 g/mol. The maximum Gasteiger partial charge on any atom is 0.230 e. The number of ether oxygens (including phenoxy) is 1. The van der Waals surface area contributed by atoms with Crippen LogP contribution in [0.1, 0.15) is 18.4 Å². The molecule has 3 aliphatic rings. The number of amides is 1. The van der Waals surface area contributed by atoms with Gasteiger partial charge in [0, 0.05) is 52.0 Å². The fraction of sp³-hybridized carbons (Fsp3) is 0.632. The van der Waals surface area contributed by atoms with E-state index in [1.807, 2.05) is 11.0 Å². The van der Waals surface area contributed by atoms with Crippen LogP contribution in [0, 0.1) is 16.7 Å². The third kappa shape index (κ3) is 3.27. The minimum Gasteiger partial charge on any atom is -0.379 e. The summed E-state index contributed by atoms with van der Waals surface area (Å²) >= 11 is 0. The number of pyridine rings is 1. The molecule has 3 saturated heterocycles. The zero-order valence-electron chi connectivity index (χ0n) is 15.1. The summed E-state index contributed by atoms with van der Waals surface area (Å²) in [6.07, 6.45) is 3.46. The SMILES string of the molecule is N#Cc1ccnc(N2CCC3(CCN(CCN4CCOCC4)C3=O)C2)c1. The first-order valence-electron chi connectivity index (χ1n) is 9.41. The number of hydrogen-bond acceptors (Lipinski definition) is 6. The molecule has 4 rings (SSSR count). The lowest BCUT2D eigenvalue weighted by atomic mass is 9.85. The van der Waals surface area contributed by atoms with E-state index in [0.29, 0.717) is 18.0 Å². The average molecular weight is 355 g/mol. The van der Waals surface area contributed by atoms with Crippen LogP contribution in [0.3, 0.4) is 0 Å². The second-order valence-corrected chi connectivity index (χ2v) is 7.46. The zero-order chi connectivity index (χ0) is 18.0. The molecule has 1 aromatic heterocycles. The van der Waals surface area contributed by atoms with Crippen molar-refractivity contribution < 1.29 is 9.53 Å². The van der Waals surface area contributed by atoms with Crippen molar-refractivity contribution in [2.45, 2.75) is 12.8 Å². The molecule has 7 nitrogen and oxygen atoms in total. The predicted octanol–water partition coefficient (Wildman–Crippen LogP) is 0.714. The van der Waals surface area contributed by atoms with E-state index in [1.54, 1.807) is 12.3 Å². The highest BCUT2D eigenvalue weighted by atomic mass is 16.5. The van der Waals surface area contributed by atoms with E-state index in [1.165, 1.54) is 0 Å². The molecule has 7 heteroatoms. The molecule has 0 aromatic carbocycles. The van der Waals surface area contributed by atoms with Gasteiger partial charge in [-0.3, -0.25) is 9.69 Å². The summed E-state index contributed by atoms with van der Waals surface area (Å²) in [6, 6.07) is 5.69. The third-order valence-electron chi connectivity index (χ3n) is 5.94. The van der Waals surface area contributed by atoms with E-state index < -0.39 is 0 Å². The maximum absolute atomic E-state index is 13.1. The molecule has 1 amide bonds. The van der Waals surface area contributed by atoms with Gasteiger partial charge < -0.3 is 14.5 Å². The fourth-order valence-corrected chi connectivity index (χ4v) is 4.30. The van der Waals surface area contributed by atoms with Gasteiger partial charge in [0.05, 0.1) is 30.3 Å². The number of aromatic nitrogens is 1. The predicted molar refractivity (Wildman–Crippen MR) is 96.7 cm³/mol. The van der Waals surface area contributed by atoms with Crippen LogP contribution in [-0.2, 0) is 9.53 Å². The number of rotatable bonds is 4. The van der Waals surface area contributed by atoms with Crippen LogP contribution in [0.25, 0.3) is 0 Å². The monoisotopic (exact) mass is 355 g/mol. The number of carbonyl (C=O) groups is 1. The molecule has 4 heterocycles. The van der Waals surface area contributed by atoms with Crippen molar-refractivity contribution in [3.8, 4) is 6.07 Å². The van der Waals surface area contributed by atoms with Gasteiger partial charge in [0.2, 0.25) is 5.91 Å². The van der Waals surface area contributed by atoms with Gasteiger partial charge in [0.1, 0.15) is 5.82 Å². The largest absolute Gasteiger partial charge is 0.379 e. The fourth-order valence-electron chi connectivity index (χ4n) is 4.30. The van der Waals surface area contributed by atoms with Crippen LogP contribution in [0.15, 0.2) is 18.3 Å². The Morgan fingerprint density at radius 1 is 1.19 bits per heavy atom. The Morgan fingerprint density at radius 2 is 2.00 bits per heavy atom. The first-order valence-corrected chi connectivity index (χ1v) is 9.41. The molecule has 1 aromatic rings. The Hall–Kier alpha value is -2.17. The maximum atomic E-state index is 13.1. The van der Waals surface area contributed by atoms with Crippen LogP contribution in [0.2, 0.25) is 0 Å². The normalized spacial score (nSPS) is 26.7. The van der Waals surface area contributed by atoms with Gasteiger partial charge in [-0.25, -0.2) is 4.98 Å². The highest BCUT2D eigenvalue weighted by Crippen LogP contribution is 2.41. The minimum atomic E-state index is -0.269. The Bertz CT molecular complexity index is 712. The summed E-state index contributed by atoms with van der Waals surface area (Å²) in [5.74, 6) is 1.10. The van der Waals surface area contributed by atoms with E-state index in [0.717, 1.165) is 71.1 Å². The Kier molecular flexibility index (Phi) is 4.79. The Balaban J connectivity index is 1.37. The molecule has 0 saturated carbocycles. The summed E-state index contributed by atoms with van der Waals surface area (Å²) in [4.78, 5) is 24.1. The number of nitriles is 1. The van der Waals surface area contributed by atoms with E-state index in [-0.39, 0.29) is 5.41 Å². The third-order valence-corrected chi connectivity index (χ3v) is 5.94. The number of carbonyl (C=O) groups excluding carboxylic acids is 1. The van der Waals surface area contributed by atoms with Gasteiger partial charge in [-0.15, -0.1) is 0 Å². The molecule has 26 heavy (non-hydrogen) atoms. The summed E-state index contributed by atoms with van der Waals surface area (Å²) in [6.45, 7) is 7.63. The van der Waals surface area contributed by atoms with Crippen LogP contribution in [0.5, 0.6) is 0 Å². The molecule has 3 fully saturated rings. The topological polar surface area (TPSA) is 72.7 Å². The van der Waals surface area contributed by atoms with Gasteiger partial charge in [0.15, 0.2) is 0 Å². The number of likely N-dealkylation sites (tertiary alicyclic amines) is 1. The number of anilines is 1. The second-order valence-electron chi connectivity index (χ2n) is 7.46. The lowest BCUT2D eigenvalue weighted by Gasteiger charge is -2.29. The summed E-state index contributed by atoms with van der Waals surface area (Å²) in [5, 5.41) is 9.08. The van der Waals surface area contributed by atoms with E-state index in [2.05, 4.69) is 20.9 Å². The highest BCUT2D eigenvalue weighted by molar-refractivity contribution is 5.86.